The van der Waals surface area contributed by atoms with Crippen LogP contribution in [0.2, 0.25) is 5.04 Å². The summed E-state index contributed by atoms with van der Waals surface area (Å²) in [6.45, 7) is 9.60. The predicted molar refractivity (Wildman–Crippen MR) is 106 cm³/mol. The highest BCUT2D eigenvalue weighted by molar-refractivity contribution is 6.99. The van der Waals surface area contributed by atoms with E-state index in [1.807, 2.05) is 0 Å². The highest BCUT2D eigenvalue weighted by atomic mass is 28.4. The molecule has 2 rings (SSSR count). The molecule has 2 aromatic carbocycles. The van der Waals surface area contributed by atoms with Crippen molar-refractivity contribution in [2.45, 2.75) is 39.2 Å². The first kappa shape index (κ1) is 18.5. The zero-order chi connectivity index (χ0) is 17.6. The lowest BCUT2D eigenvalue weighted by Gasteiger charge is -2.43. The van der Waals surface area contributed by atoms with E-state index in [9.17, 15) is 0 Å². The van der Waals surface area contributed by atoms with Gasteiger partial charge in [0.25, 0.3) is 8.32 Å². The molecule has 126 valence electrons. The molecule has 0 aromatic heterocycles. The average Bonchev–Trinajstić information content (AvgIpc) is 2.59. The Kier molecular flexibility index (Phi) is 6.04. The largest absolute Gasteiger partial charge is 0.406 e. The molecule has 0 N–H and O–H groups in total. The summed E-state index contributed by atoms with van der Waals surface area (Å²) >= 11 is 0. The van der Waals surface area contributed by atoms with E-state index < -0.39 is 8.32 Å². The lowest BCUT2D eigenvalue weighted by Crippen LogP contribution is -2.66. The van der Waals surface area contributed by atoms with Gasteiger partial charge in [0.05, 0.1) is 0 Å². The van der Waals surface area contributed by atoms with E-state index in [-0.39, 0.29) is 11.0 Å². The second-order valence-electron chi connectivity index (χ2n) is 7.25. The molecule has 0 saturated heterocycles. The normalized spacial score (nSPS) is 13.3. The Morgan fingerprint density at radius 3 is 1.75 bits per heavy atom. The van der Waals surface area contributed by atoms with Crippen molar-refractivity contribution in [1.29, 1.82) is 0 Å². The van der Waals surface area contributed by atoms with E-state index in [1.165, 1.54) is 10.4 Å². The Hall–Kier alpha value is -1.82. The zero-order valence-corrected chi connectivity index (χ0v) is 16.3. The minimum Gasteiger partial charge on any atom is -0.406 e. The summed E-state index contributed by atoms with van der Waals surface area (Å²) in [6.07, 6.45) is 6.62. The topological polar surface area (TPSA) is 9.23 Å². The molecule has 0 saturated carbocycles. The van der Waals surface area contributed by atoms with Gasteiger partial charge in [0.1, 0.15) is 0 Å². The number of benzene rings is 2. The van der Waals surface area contributed by atoms with Crippen LogP contribution in [-0.2, 0) is 4.43 Å². The van der Waals surface area contributed by atoms with Crippen LogP contribution in [0.1, 0.15) is 34.1 Å². The second-order valence-corrected chi connectivity index (χ2v) is 11.6. The maximum absolute atomic E-state index is 6.81. The monoisotopic (exact) mass is 336 g/mol. The molecule has 0 fully saturated rings. The zero-order valence-electron chi connectivity index (χ0n) is 15.3. The van der Waals surface area contributed by atoms with Gasteiger partial charge in [-0.05, 0) is 21.8 Å². The average molecular weight is 337 g/mol. The second kappa shape index (κ2) is 7.83. The molecule has 0 aliphatic heterocycles. The Labute approximate surface area is 148 Å². The summed E-state index contributed by atoms with van der Waals surface area (Å²) in [7, 11) is -2.44. The smallest absolute Gasteiger partial charge is 0.261 e. The molecule has 0 unspecified atom stereocenters. The fraction of sp³-hybridized carbons (Fsp3) is 0.364. The van der Waals surface area contributed by atoms with Crippen LogP contribution in [0, 0.1) is 18.3 Å². The van der Waals surface area contributed by atoms with E-state index >= 15 is 0 Å². The molecule has 1 nitrogen and oxygen atoms in total. The number of rotatable bonds is 6. The fourth-order valence-corrected chi connectivity index (χ4v) is 7.88. The van der Waals surface area contributed by atoms with Gasteiger partial charge < -0.3 is 4.43 Å². The molecule has 0 spiro atoms. The summed E-state index contributed by atoms with van der Waals surface area (Å²) in [5.41, 5.74) is 0. The maximum Gasteiger partial charge on any atom is 0.261 e. The molecular formula is C22H28OSi. The summed E-state index contributed by atoms with van der Waals surface area (Å²) in [5, 5.41) is 2.61. The van der Waals surface area contributed by atoms with Crippen molar-refractivity contribution in [3.8, 4) is 12.3 Å². The van der Waals surface area contributed by atoms with Crippen LogP contribution in [0.15, 0.2) is 60.7 Å². The molecule has 0 aliphatic rings. The van der Waals surface area contributed by atoms with E-state index in [4.69, 9.17) is 10.8 Å². The molecule has 0 amide bonds. The minimum absolute atomic E-state index is 0.00258. The van der Waals surface area contributed by atoms with Crippen LogP contribution in [0.25, 0.3) is 0 Å². The SMILES string of the molecule is C#C[C@@H](CC)CO[Si](c1ccccc1)(c1ccccc1)C(C)(C)C. The molecular weight excluding hydrogens is 308 g/mol. The predicted octanol–water partition coefficient (Wildman–Crippen LogP) is 4.22. The first-order valence-electron chi connectivity index (χ1n) is 8.67. The lowest BCUT2D eigenvalue weighted by molar-refractivity contribution is 0.261. The van der Waals surface area contributed by atoms with Gasteiger partial charge in [-0.1, -0.05) is 88.4 Å². The third-order valence-electron chi connectivity index (χ3n) is 4.65. The van der Waals surface area contributed by atoms with Crippen molar-refractivity contribution in [2.24, 2.45) is 5.92 Å². The number of terminal acetylenes is 1. The van der Waals surface area contributed by atoms with Crippen molar-refractivity contribution < 1.29 is 4.43 Å². The van der Waals surface area contributed by atoms with Crippen LogP contribution in [0.5, 0.6) is 0 Å². The lowest BCUT2D eigenvalue weighted by atomic mass is 10.1. The van der Waals surface area contributed by atoms with E-state index in [1.54, 1.807) is 0 Å². The Morgan fingerprint density at radius 2 is 1.42 bits per heavy atom. The van der Waals surface area contributed by atoms with E-state index in [0.29, 0.717) is 6.61 Å². The molecule has 1 atom stereocenters. The molecule has 2 aromatic rings. The van der Waals surface area contributed by atoms with Crippen molar-refractivity contribution in [3.05, 3.63) is 60.7 Å². The van der Waals surface area contributed by atoms with Crippen LogP contribution < -0.4 is 10.4 Å². The minimum atomic E-state index is -2.44. The van der Waals surface area contributed by atoms with Gasteiger partial charge >= 0.3 is 0 Å². The molecule has 0 aliphatic carbocycles. The van der Waals surface area contributed by atoms with Crippen molar-refractivity contribution in [1.82, 2.24) is 0 Å². The summed E-state index contributed by atoms with van der Waals surface area (Å²) in [4.78, 5) is 0. The third-order valence-corrected chi connectivity index (χ3v) is 9.65. The first-order chi connectivity index (χ1) is 11.5. The van der Waals surface area contributed by atoms with E-state index in [2.05, 4.69) is 94.3 Å². The summed E-state index contributed by atoms with van der Waals surface area (Å²) in [5.74, 6) is 3.03. The van der Waals surface area contributed by atoms with Crippen LogP contribution >= 0.6 is 0 Å². The number of hydrogen-bond acceptors (Lipinski definition) is 1. The van der Waals surface area contributed by atoms with Gasteiger partial charge in [-0.3, -0.25) is 0 Å². The quantitative estimate of drug-likeness (QED) is 0.567. The number of hydrogen-bond donors (Lipinski definition) is 0. The molecule has 0 bridgehead atoms. The van der Waals surface area contributed by atoms with Gasteiger partial charge in [0.15, 0.2) is 0 Å². The highest BCUT2D eigenvalue weighted by Gasteiger charge is 2.50. The molecule has 0 radical (unpaired) electrons. The fourth-order valence-electron chi connectivity index (χ4n) is 3.27. The van der Waals surface area contributed by atoms with Gasteiger partial charge in [0, 0.05) is 12.5 Å². The van der Waals surface area contributed by atoms with Crippen LogP contribution in [0.3, 0.4) is 0 Å². The molecule has 24 heavy (non-hydrogen) atoms. The Bertz CT molecular complexity index is 625. The van der Waals surface area contributed by atoms with Crippen LogP contribution in [0.4, 0.5) is 0 Å². The van der Waals surface area contributed by atoms with E-state index in [0.717, 1.165) is 6.42 Å². The maximum atomic E-state index is 6.81. The van der Waals surface area contributed by atoms with Gasteiger partial charge in [-0.2, -0.15) is 0 Å². The highest BCUT2D eigenvalue weighted by Crippen LogP contribution is 2.37. The first-order valence-corrected chi connectivity index (χ1v) is 10.6. The summed E-state index contributed by atoms with van der Waals surface area (Å²) in [6, 6.07) is 21.4. The Balaban J connectivity index is 2.60. The summed E-state index contributed by atoms with van der Waals surface area (Å²) < 4.78 is 6.81. The Morgan fingerprint density at radius 1 is 0.958 bits per heavy atom. The van der Waals surface area contributed by atoms with Crippen molar-refractivity contribution >= 4 is 18.7 Å². The standard InChI is InChI=1S/C22H28OSi/c1-6-19(7-2)18-23-24(22(3,4)5,20-14-10-8-11-15-20)21-16-12-9-13-17-21/h1,8-17,19H,7,18H2,2-5H3/t19-/m0/s1. The molecule has 0 heterocycles. The van der Waals surface area contributed by atoms with Crippen LogP contribution in [-0.4, -0.2) is 14.9 Å². The van der Waals surface area contributed by atoms with Crippen molar-refractivity contribution in [2.75, 3.05) is 6.61 Å². The molecule has 2 heteroatoms. The van der Waals surface area contributed by atoms with Gasteiger partial charge in [-0.25, -0.2) is 0 Å². The van der Waals surface area contributed by atoms with Crippen molar-refractivity contribution in [3.63, 3.8) is 0 Å². The third kappa shape index (κ3) is 3.64. The van der Waals surface area contributed by atoms with Gasteiger partial charge in [-0.15, -0.1) is 12.3 Å². The van der Waals surface area contributed by atoms with Gasteiger partial charge in [0.2, 0.25) is 0 Å².